The molecule has 1 aromatic heterocycles. The number of rotatable bonds is 3. The first kappa shape index (κ1) is 15.2. The van der Waals surface area contributed by atoms with Crippen LogP contribution in [-0.4, -0.2) is 27.4 Å². The number of fused-ring (bicyclic) bond motifs is 1. The molecule has 2 aliphatic rings. The van der Waals surface area contributed by atoms with Gasteiger partial charge in [0.1, 0.15) is 11.9 Å². The van der Waals surface area contributed by atoms with E-state index in [9.17, 15) is 9.59 Å². The number of anilines is 1. The summed E-state index contributed by atoms with van der Waals surface area (Å²) < 4.78 is 2.17. The molecule has 2 aromatic rings. The number of aromatic nitrogens is 2. The molecule has 0 spiro atoms. The third kappa shape index (κ3) is 2.66. The zero-order chi connectivity index (χ0) is 16.7. The van der Waals surface area contributed by atoms with Gasteiger partial charge >= 0.3 is 0 Å². The Labute approximate surface area is 140 Å². The highest BCUT2D eigenvalue weighted by Crippen LogP contribution is 2.35. The van der Waals surface area contributed by atoms with Crippen LogP contribution < -0.4 is 10.6 Å². The largest absolute Gasteiger partial charge is 0.344 e. The van der Waals surface area contributed by atoms with Crippen molar-refractivity contribution in [3.8, 4) is 0 Å². The Morgan fingerprint density at radius 2 is 2.08 bits per heavy atom. The highest BCUT2D eigenvalue weighted by molar-refractivity contribution is 6.00. The highest BCUT2D eigenvalue weighted by atomic mass is 16.2. The number of benzene rings is 1. The Balaban J connectivity index is 1.56. The molecule has 2 amide bonds. The van der Waals surface area contributed by atoms with Crippen LogP contribution in [0.3, 0.4) is 0 Å². The van der Waals surface area contributed by atoms with Crippen molar-refractivity contribution in [1.29, 1.82) is 0 Å². The van der Waals surface area contributed by atoms with Crippen molar-refractivity contribution in [3.05, 3.63) is 24.0 Å². The SMILES string of the molecule is Cn1c(C2CCCC2)nc2cc(NC(=O)C3CCC(=O)N3)ccc21. The van der Waals surface area contributed by atoms with E-state index in [2.05, 4.69) is 22.2 Å². The molecule has 1 atom stereocenters. The van der Waals surface area contributed by atoms with Gasteiger partial charge in [-0.05, 0) is 37.5 Å². The number of hydrogen-bond donors (Lipinski definition) is 2. The Morgan fingerprint density at radius 1 is 1.29 bits per heavy atom. The molecule has 24 heavy (non-hydrogen) atoms. The highest BCUT2D eigenvalue weighted by Gasteiger charge is 2.27. The van der Waals surface area contributed by atoms with Crippen LogP contribution in [-0.2, 0) is 16.6 Å². The summed E-state index contributed by atoms with van der Waals surface area (Å²) in [6.07, 6.45) is 5.96. The maximum atomic E-state index is 12.2. The van der Waals surface area contributed by atoms with Gasteiger partial charge in [0.15, 0.2) is 0 Å². The summed E-state index contributed by atoms with van der Waals surface area (Å²) in [5, 5.41) is 5.58. The number of hydrogen-bond acceptors (Lipinski definition) is 3. The van der Waals surface area contributed by atoms with E-state index in [0.29, 0.717) is 18.8 Å². The molecule has 0 bridgehead atoms. The van der Waals surface area contributed by atoms with Crippen LogP contribution in [0, 0.1) is 0 Å². The lowest BCUT2D eigenvalue weighted by atomic mass is 10.1. The monoisotopic (exact) mass is 326 g/mol. The summed E-state index contributed by atoms with van der Waals surface area (Å²) in [5.74, 6) is 1.48. The second kappa shape index (κ2) is 5.92. The second-order valence-corrected chi connectivity index (χ2v) is 6.86. The number of amides is 2. The van der Waals surface area contributed by atoms with Gasteiger partial charge in [0.05, 0.1) is 11.0 Å². The van der Waals surface area contributed by atoms with E-state index in [-0.39, 0.29) is 11.8 Å². The molecule has 2 N–H and O–H groups in total. The molecule has 0 radical (unpaired) electrons. The molecular weight excluding hydrogens is 304 g/mol. The zero-order valence-electron chi connectivity index (χ0n) is 13.8. The fourth-order valence-electron chi connectivity index (χ4n) is 3.89. The van der Waals surface area contributed by atoms with E-state index < -0.39 is 6.04 Å². The summed E-state index contributed by atoms with van der Waals surface area (Å²) in [6.45, 7) is 0. The third-order valence-corrected chi connectivity index (χ3v) is 5.22. The smallest absolute Gasteiger partial charge is 0.246 e. The number of nitrogens with one attached hydrogen (secondary N) is 2. The van der Waals surface area contributed by atoms with Gasteiger partial charge in [-0.15, -0.1) is 0 Å². The van der Waals surface area contributed by atoms with Gasteiger partial charge < -0.3 is 15.2 Å². The van der Waals surface area contributed by atoms with Gasteiger partial charge in [0.2, 0.25) is 11.8 Å². The average molecular weight is 326 g/mol. The molecule has 126 valence electrons. The van der Waals surface area contributed by atoms with Crippen molar-refractivity contribution < 1.29 is 9.59 Å². The van der Waals surface area contributed by atoms with Gasteiger partial charge in [0.25, 0.3) is 0 Å². The lowest BCUT2D eigenvalue weighted by Gasteiger charge is -2.11. The van der Waals surface area contributed by atoms with E-state index in [1.54, 1.807) is 0 Å². The van der Waals surface area contributed by atoms with E-state index in [0.717, 1.165) is 22.5 Å². The van der Waals surface area contributed by atoms with Gasteiger partial charge in [-0.25, -0.2) is 4.98 Å². The minimum absolute atomic E-state index is 0.0588. The molecular formula is C18H22N4O2. The first-order valence-electron chi connectivity index (χ1n) is 8.68. The summed E-state index contributed by atoms with van der Waals surface area (Å²) in [6, 6.07) is 5.40. The van der Waals surface area contributed by atoms with E-state index in [1.807, 2.05) is 18.2 Å². The summed E-state index contributed by atoms with van der Waals surface area (Å²) in [5.41, 5.74) is 2.72. The van der Waals surface area contributed by atoms with Crippen molar-refractivity contribution in [2.24, 2.45) is 7.05 Å². The molecule has 1 saturated carbocycles. The standard InChI is InChI=1S/C18H22N4O2/c1-22-15-8-6-12(19-18(24)13-7-9-16(23)20-13)10-14(15)21-17(22)11-4-2-3-5-11/h6,8,10-11,13H,2-5,7,9H2,1H3,(H,19,24)(H,20,23). The molecule has 1 aliphatic carbocycles. The fourth-order valence-corrected chi connectivity index (χ4v) is 3.89. The molecule has 2 fully saturated rings. The molecule has 1 unspecified atom stereocenters. The maximum absolute atomic E-state index is 12.2. The van der Waals surface area contributed by atoms with Gasteiger partial charge in [-0.2, -0.15) is 0 Å². The molecule has 2 heterocycles. The minimum Gasteiger partial charge on any atom is -0.344 e. The van der Waals surface area contributed by atoms with Gasteiger partial charge in [0, 0.05) is 25.1 Å². The number of carbonyl (C=O) groups is 2. The first-order valence-corrected chi connectivity index (χ1v) is 8.68. The van der Waals surface area contributed by atoms with Crippen molar-refractivity contribution in [1.82, 2.24) is 14.9 Å². The van der Waals surface area contributed by atoms with Crippen molar-refractivity contribution >= 4 is 28.5 Å². The minimum atomic E-state index is -0.425. The van der Waals surface area contributed by atoms with Crippen LogP contribution in [0.1, 0.15) is 50.3 Å². The van der Waals surface area contributed by atoms with E-state index >= 15 is 0 Å². The molecule has 1 aromatic carbocycles. The molecule has 1 saturated heterocycles. The van der Waals surface area contributed by atoms with E-state index in [4.69, 9.17) is 4.98 Å². The lowest BCUT2D eigenvalue weighted by Crippen LogP contribution is -2.37. The van der Waals surface area contributed by atoms with Crippen molar-refractivity contribution in [3.63, 3.8) is 0 Å². The summed E-state index contributed by atoms with van der Waals surface area (Å²) in [7, 11) is 2.06. The summed E-state index contributed by atoms with van der Waals surface area (Å²) in [4.78, 5) is 28.3. The van der Waals surface area contributed by atoms with Gasteiger partial charge in [-0.1, -0.05) is 12.8 Å². The van der Waals surface area contributed by atoms with Crippen LogP contribution >= 0.6 is 0 Å². The summed E-state index contributed by atoms with van der Waals surface area (Å²) >= 11 is 0. The number of aryl methyl sites for hydroxylation is 1. The Morgan fingerprint density at radius 3 is 2.79 bits per heavy atom. The quantitative estimate of drug-likeness (QED) is 0.909. The Bertz CT molecular complexity index is 805. The fraction of sp³-hybridized carbons (Fsp3) is 0.500. The topological polar surface area (TPSA) is 76.0 Å². The molecule has 4 rings (SSSR count). The molecule has 1 aliphatic heterocycles. The number of imidazole rings is 1. The van der Waals surface area contributed by atoms with Crippen LogP contribution in [0.25, 0.3) is 11.0 Å². The van der Waals surface area contributed by atoms with Crippen molar-refractivity contribution in [2.45, 2.75) is 50.5 Å². The van der Waals surface area contributed by atoms with Gasteiger partial charge in [-0.3, -0.25) is 9.59 Å². The zero-order valence-corrected chi connectivity index (χ0v) is 13.8. The van der Waals surface area contributed by atoms with Crippen LogP contribution in [0.4, 0.5) is 5.69 Å². The maximum Gasteiger partial charge on any atom is 0.246 e. The lowest BCUT2D eigenvalue weighted by molar-refractivity contribution is -0.122. The Hall–Kier alpha value is -2.37. The predicted molar refractivity (Wildman–Crippen MR) is 91.7 cm³/mol. The average Bonchev–Trinajstić information content (AvgIpc) is 3.28. The molecule has 6 nitrogen and oxygen atoms in total. The first-order chi connectivity index (χ1) is 11.6. The van der Waals surface area contributed by atoms with Crippen LogP contribution in [0.5, 0.6) is 0 Å². The molecule has 6 heteroatoms. The van der Waals surface area contributed by atoms with Crippen LogP contribution in [0.2, 0.25) is 0 Å². The van der Waals surface area contributed by atoms with E-state index in [1.165, 1.54) is 25.7 Å². The number of carbonyl (C=O) groups excluding carboxylic acids is 2. The number of nitrogens with zero attached hydrogens (tertiary/aromatic N) is 2. The Kier molecular flexibility index (Phi) is 3.75. The predicted octanol–water partition coefficient (Wildman–Crippen LogP) is 2.45. The second-order valence-electron chi connectivity index (χ2n) is 6.86. The van der Waals surface area contributed by atoms with Crippen molar-refractivity contribution in [2.75, 3.05) is 5.32 Å². The van der Waals surface area contributed by atoms with Crippen LogP contribution in [0.15, 0.2) is 18.2 Å². The normalized spacial score (nSPS) is 21.4. The third-order valence-electron chi connectivity index (χ3n) is 5.22.